The van der Waals surface area contributed by atoms with Gasteiger partial charge in [0, 0.05) is 29.5 Å². The standard InChI is InChI=1S/C24H24N4O4/c1-28-21-10-16(6-7-22(21)32-24(28)30)15-4-2-14(3-5-15)8-18(11-25)26-23(29)19-9-17-12-31-13-20(17)27-19/h2-7,10,17-20,27H,8-9,12-13H2,1H3,(H,26,29)/t17-,18+,19+,20+/m1/s1/i1D3. The number of fused-ring (bicyclic) bond motifs is 2. The third kappa shape index (κ3) is 3.81. The third-order valence-electron chi connectivity index (χ3n) is 6.25. The van der Waals surface area contributed by atoms with E-state index in [2.05, 4.69) is 16.7 Å². The Balaban J connectivity index is 1.28. The van der Waals surface area contributed by atoms with E-state index in [-0.39, 0.29) is 29.1 Å². The number of aryl methyl sites for hydroxylation is 1. The van der Waals surface area contributed by atoms with Gasteiger partial charge >= 0.3 is 5.76 Å². The van der Waals surface area contributed by atoms with Gasteiger partial charge in [0.1, 0.15) is 6.04 Å². The van der Waals surface area contributed by atoms with Crippen LogP contribution in [0.15, 0.2) is 51.7 Å². The zero-order chi connectivity index (χ0) is 24.7. The summed E-state index contributed by atoms with van der Waals surface area (Å²) in [5.74, 6) is -0.757. The monoisotopic (exact) mass is 435 g/mol. The lowest BCUT2D eigenvalue weighted by atomic mass is 10.00. The highest BCUT2D eigenvalue weighted by Crippen LogP contribution is 2.27. The molecule has 2 aliphatic rings. The first-order chi connectivity index (χ1) is 16.7. The molecule has 0 spiro atoms. The molecule has 2 N–H and O–H groups in total. The summed E-state index contributed by atoms with van der Waals surface area (Å²) in [5.41, 5.74) is 2.79. The van der Waals surface area contributed by atoms with Crippen LogP contribution in [-0.2, 0) is 22.9 Å². The Morgan fingerprint density at radius 2 is 2.12 bits per heavy atom. The predicted molar refractivity (Wildman–Crippen MR) is 118 cm³/mol. The van der Waals surface area contributed by atoms with Crippen LogP contribution in [0, 0.1) is 17.2 Å². The van der Waals surface area contributed by atoms with E-state index < -0.39 is 18.8 Å². The van der Waals surface area contributed by atoms with E-state index in [1.807, 2.05) is 24.3 Å². The summed E-state index contributed by atoms with van der Waals surface area (Å²) in [5, 5.41) is 15.7. The molecule has 5 rings (SSSR count). The zero-order valence-electron chi connectivity index (χ0n) is 20.2. The van der Waals surface area contributed by atoms with Crippen molar-refractivity contribution in [3.63, 3.8) is 0 Å². The molecule has 2 aromatic carbocycles. The van der Waals surface area contributed by atoms with Gasteiger partial charge in [-0.3, -0.25) is 9.36 Å². The average molecular weight is 435 g/mol. The summed E-state index contributed by atoms with van der Waals surface area (Å²) in [6, 6.07) is 13.7. The summed E-state index contributed by atoms with van der Waals surface area (Å²) < 4.78 is 33.9. The summed E-state index contributed by atoms with van der Waals surface area (Å²) in [4.78, 5) is 24.6. The molecule has 4 atom stereocenters. The Kier molecular flexibility index (Phi) is 4.44. The number of nitrogens with one attached hydrogen (secondary N) is 2. The lowest BCUT2D eigenvalue weighted by Gasteiger charge is -2.17. The maximum absolute atomic E-state index is 12.6. The summed E-state index contributed by atoms with van der Waals surface area (Å²) in [6.07, 6.45) is 1.06. The molecular weight excluding hydrogens is 408 g/mol. The maximum atomic E-state index is 12.6. The molecule has 0 radical (unpaired) electrons. The normalized spacial score (nSPS) is 24.8. The van der Waals surface area contributed by atoms with E-state index in [1.54, 1.807) is 18.2 Å². The van der Waals surface area contributed by atoms with Crippen LogP contribution >= 0.6 is 0 Å². The highest BCUT2D eigenvalue weighted by molar-refractivity contribution is 5.83. The Morgan fingerprint density at radius 3 is 2.88 bits per heavy atom. The van der Waals surface area contributed by atoms with Gasteiger partial charge in [0.25, 0.3) is 0 Å². The molecule has 0 saturated carbocycles. The highest BCUT2D eigenvalue weighted by Gasteiger charge is 2.40. The van der Waals surface area contributed by atoms with Crippen LogP contribution in [0.3, 0.4) is 0 Å². The summed E-state index contributed by atoms with van der Waals surface area (Å²) >= 11 is 0. The lowest BCUT2D eigenvalue weighted by molar-refractivity contribution is -0.123. The van der Waals surface area contributed by atoms with Crippen LogP contribution in [-0.4, -0.2) is 41.8 Å². The fourth-order valence-electron chi connectivity index (χ4n) is 4.49. The van der Waals surface area contributed by atoms with Crippen LogP contribution in [0.5, 0.6) is 0 Å². The van der Waals surface area contributed by atoms with Crippen molar-refractivity contribution in [3.05, 3.63) is 58.6 Å². The number of rotatable bonds is 5. The zero-order valence-corrected chi connectivity index (χ0v) is 17.2. The Hall–Kier alpha value is -3.41. The van der Waals surface area contributed by atoms with Gasteiger partial charge in [-0.2, -0.15) is 5.26 Å². The SMILES string of the molecule is [2H]C([2H])([2H])n1c(=O)oc2ccc(-c3ccc(C[C@@H](C#N)NC(=O)[C@@H]4C[C@@H]5COC[C@@H]5N4)cc3)cc21. The molecule has 164 valence electrons. The molecule has 2 fully saturated rings. The molecule has 3 heterocycles. The van der Waals surface area contributed by atoms with Crippen molar-refractivity contribution in [1.82, 2.24) is 15.2 Å². The topological polar surface area (TPSA) is 109 Å². The second kappa shape index (κ2) is 8.26. The van der Waals surface area contributed by atoms with E-state index in [4.69, 9.17) is 13.3 Å². The van der Waals surface area contributed by atoms with Gasteiger partial charge in [0.05, 0.1) is 30.8 Å². The molecule has 32 heavy (non-hydrogen) atoms. The number of hydrogen-bond donors (Lipinski definition) is 2. The molecule has 1 aromatic heterocycles. The lowest BCUT2D eigenvalue weighted by Crippen LogP contribution is -2.47. The molecule has 8 nitrogen and oxygen atoms in total. The second-order valence-electron chi connectivity index (χ2n) is 8.34. The number of carbonyl (C=O) groups excluding carboxylic acids is 1. The number of nitriles is 1. The van der Waals surface area contributed by atoms with Crippen molar-refractivity contribution >= 4 is 17.0 Å². The van der Waals surface area contributed by atoms with Gasteiger partial charge < -0.3 is 19.8 Å². The van der Waals surface area contributed by atoms with E-state index in [0.29, 0.717) is 36.5 Å². The molecule has 0 unspecified atom stereocenters. The highest BCUT2D eigenvalue weighted by atomic mass is 16.5. The smallest absolute Gasteiger partial charge is 0.408 e. The summed E-state index contributed by atoms with van der Waals surface area (Å²) in [7, 11) is 0. The van der Waals surface area contributed by atoms with Gasteiger partial charge in [-0.25, -0.2) is 4.79 Å². The molecular formula is C24H24N4O4. The second-order valence-corrected chi connectivity index (χ2v) is 8.34. The predicted octanol–water partition coefficient (Wildman–Crippen LogP) is 1.73. The molecule has 8 heteroatoms. The number of nitrogens with zero attached hydrogens (tertiary/aromatic N) is 2. The van der Waals surface area contributed by atoms with E-state index >= 15 is 0 Å². The molecule has 2 saturated heterocycles. The van der Waals surface area contributed by atoms with Crippen molar-refractivity contribution in [2.24, 2.45) is 12.9 Å². The van der Waals surface area contributed by atoms with E-state index in [0.717, 1.165) is 16.7 Å². The van der Waals surface area contributed by atoms with Crippen molar-refractivity contribution in [2.75, 3.05) is 13.2 Å². The van der Waals surface area contributed by atoms with Gasteiger partial charge in [-0.05, 0) is 35.2 Å². The van der Waals surface area contributed by atoms with Crippen LogP contribution in [0.2, 0.25) is 0 Å². The average Bonchev–Trinajstić information content (AvgIpc) is 3.50. The van der Waals surface area contributed by atoms with Crippen LogP contribution in [0.4, 0.5) is 0 Å². The van der Waals surface area contributed by atoms with Crippen molar-refractivity contribution in [3.8, 4) is 17.2 Å². The number of hydrogen-bond acceptors (Lipinski definition) is 6. The minimum absolute atomic E-state index is 0.170. The molecule has 2 aliphatic heterocycles. The van der Waals surface area contributed by atoms with Gasteiger partial charge in [-0.15, -0.1) is 0 Å². The summed E-state index contributed by atoms with van der Waals surface area (Å²) in [6.45, 7) is -1.37. The first-order valence-corrected chi connectivity index (χ1v) is 10.5. The largest absolute Gasteiger partial charge is 0.419 e. The van der Waals surface area contributed by atoms with Crippen molar-refractivity contribution < 1.29 is 18.1 Å². The van der Waals surface area contributed by atoms with Crippen LogP contribution in [0.25, 0.3) is 22.2 Å². The van der Waals surface area contributed by atoms with Crippen molar-refractivity contribution in [1.29, 1.82) is 5.26 Å². The number of benzene rings is 2. The Labute approximate surface area is 189 Å². The molecule has 0 aliphatic carbocycles. The maximum Gasteiger partial charge on any atom is 0.419 e. The van der Waals surface area contributed by atoms with Gasteiger partial charge in [0.15, 0.2) is 5.58 Å². The Bertz CT molecular complexity index is 1340. The van der Waals surface area contributed by atoms with Gasteiger partial charge in [0.2, 0.25) is 5.91 Å². The minimum Gasteiger partial charge on any atom is -0.408 e. The molecule has 3 aromatic rings. The van der Waals surface area contributed by atoms with E-state index in [1.165, 1.54) is 0 Å². The first-order valence-electron chi connectivity index (χ1n) is 12.0. The number of ether oxygens (including phenoxy) is 1. The fourth-order valence-corrected chi connectivity index (χ4v) is 4.49. The number of aromatic nitrogens is 1. The number of oxazole rings is 1. The molecule has 0 bridgehead atoms. The quantitative estimate of drug-likeness (QED) is 0.632. The van der Waals surface area contributed by atoms with Crippen LogP contribution in [0.1, 0.15) is 16.1 Å². The minimum atomic E-state index is -2.65. The third-order valence-corrected chi connectivity index (χ3v) is 6.25. The number of carbonyl (C=O) groups is 1. The van der Waals surface area contributed by atoms with Crippen LogP contribution < -0.4 is 16.4 Å². The molecule has 1 amide bonds. The van der Waals surface area contributed by atoms with Gasteiger partial charge in [-0.1, -0.05) is 30.3 Å². The number of amides is 1. The first kappa shape index (κ1) is 17.2. The van der Waals surface area contributed by atoms with Crippen molar-refractivity contribution in [2.45, 2.75) is 31.0 Å². The fraction of sp³-hybridized carbons (Fsp3) is 0.375. The Morgan fingerprint density at radius 1 is 1.31 bits per heavy atom. The van der Waals surface area contributed by atoms with E-state index in [9.17, 15) is 14.9 Å².